The van der Waals surface area contributed by atoms with Crippen LogP contribution in [0.2, 0.25) is 0 Å². The van der Waals surface area contributed by atoms with Crippen molar-refractivity contribution in [1.29, 1.82) is 0 Å². The molecule has 0 bridgehead atoms. The van der Waals surface area contributed by atoms with Crippen LogP contribution in [0, 0.1) is 5.82 Å². The molecule has 0 spiro atoms. The quantitative estimate of drug-likeness (QED) is 0.606. The zero-order valence-electron chi connectivity index (χ0n) is 19.2. The largest absolute Gasteiger partial charge is 0.493 e. The second kappa shape index (κ2) is 10.9. The first kappa shape index (κ1) is 23.3. The second-order valence-electron chi connectivity index (χ2n) is 8.34. The van der Waals surface area contributed by atoms with Crippen LogP contribution < -0.4 is 14.2 Å². The number of rotatable bonds is 8. The lowest BCUT2D eigenvalue weighted by Gasteiger charge is -2.35. The molecule has 0 N–H and O–H groups in total. The maximum Gasteiger partial charge on any atom is 0.227 e. The van der Waals surface area contributed by atoms with Crippen molar-refractivity contribution in [2.45, 2.75) is 18.9 Å². The molecule has 7 nitrogen and oxygen atoms in total. The van der Waals surface area contributed by atoms with E-state index >= 15 is 0 Å². The van der Waals surface area contributed by atoms with Gasteiger partial charge in [0.25, 0.3) is 0 Å². The molecule has 0 saturated carbocycles. The molecule has 1 saturated heterocycles. The molecule has 178 valence electrons. The highest BCUT2D eigenvalue weighted by atomic mass is 19.1. The van der Waals surface area contributed by atoms with E-state index in [1.54, 1.807) is 26.4 Å². The first-order chi connectivity index (χ1) is 16.1. The number of carbonyl (C=O) groups is 1. The third-order valence-corrected chi connectivity index (χ3v) is 6.19. The van der Waals surface area contributed by atoms with Gasteiger partial charge in [0.2, 0.25) is 5.91 Å². The fourth-order valence-electron chi connectivity index (χ4n) is 4.37. The molecule has 1 atom stereocenters. The zero-order chi connectivity index (χ0) is 23.2. The van der Waals surface area contributed by atoms with Crippen LogP contribution in [-0.4, -0.2) is 82.0 Å². The molecule has 0 aromatic heterocycles. The van der Waals surface area contributed by atoms with Gasteiger partial charge in [-0.25, -0.2) is 4.39 Å². The predicted octanol–water partition coefficient (Wildman–Crippen LogP) is 2.55. The molecular formula is C25H31FN2O5. The number of morpholine rings is 1. The van der Waals surface area contributed by atoms with E-state index in [0.29, 0.717) is 50.0 Å². The molecule has 2 aromatic carbocycles. The SMILES string of the molecule is COc1cc2c(cc1OC)CC(=O)N(C[C@@H]1CN(CCOc3ccc(F)cc3)CCO1)CC2. The van der Waals surface area contributed by atoms with E-state index in [2.05, 4.69) is 4.90 Å². The van der Waals surface area contributed by atoms with E-state index < -0.39 is 0 Å². The number of hydrogen-bond acceptors (Lipinski definition) is 6. The van der Waals surface area contributed by atoms with E-state index in [1.165, 1.54) is 12.1 Å². The van der Waals surface area contributed by atoms with Gasteiger partial charge in [-0.15, -0.1) is 0 Å². The standard InChI is InChI=1S/C25H31FN2O5/c1-30-23-13-18-7-8-28(25(29)15-19(18)14-24(23)31-2)17-22-16-27(10-12-33-22)9-11-32-21-5-3-20(26)4-6-21/h3-6,13-14,22H,7-12,15-17H2,1-2H3/t22-/m0/s1. The van der Waals surface area contributed by atoms with Crippen LogP contribution in [-0.2, 0) is 22.4 Å². The topological polar surface area (TPSA) is 60.5 Å². The summed E-state index contributed by atoms with van der Waals surface area (Å²) >= 11 is 0. The number of fused-ring (bicyclic) bond motifs is 1. The van der Waals surface area contributed by atoms with E-state index in [9.17, 15) is 9.18 Å². The highest BCUT2D eigenvalue weighted by Crippen LogP contribution is 2.32. The Morgan fingerprint density at radius 1 is 1.06 bits per heavy atom. The first-order valence-electron chi connectivity index (χ1n) is 11.3. The number of methoxy groups -OCH3 is 2. The van der Waals surface area contributed by atoms with Crippen LogP contribution in [0.1, 0.15) is 11.1 Å². The summed E-state index contributed by atoms with van der Waals surface area (Å²) < 4.78 is 35.5. The Morgan fingerprint density at radius 3 is 2.52 bits per heavy atom. The highest BCUT2D eigenvalue weighted by Gasteiger charge is 2.28. The third-order valence-electron chi connectivity index (χ3n) is 6.19. The molecule has 4 rings (SSSR count). The van der Waals surface area contributed by atoms with Crippen LogP contribution in [0.5, 0.6) is 17.2 Å². The van der Waals surface area contributed by atoms with Crippen molar-refractivity contribution in [3.63, 3.8) is 0 Å². The number of halogens is 1. The molecule has 2 aliphatic rings. The Kier molecular flexibility index (Phi) is 7.67. The zero-order valence-corrected chi connectivity index (χ0v) is 19.2. The molecule has 2 aliphatic heterocycles. The van der Waals surface area contributed by atoms with E-state index in [1.807, 2.05) is 17.0 Å². The summed E-state index contributed by atoms with van der Waals surface area (Å²) in [5, 5.41) is 0. The average molecular weight is 459 g/mol. The minimum atomic E-state index is -0.275. The molecule has 2 aromatic rings. The monoisotopic (exact) mass is 458 g/mol. The lowest BCUT2D eigenvalue weighted by molar-refractivity contribution is -0.133. The van der Waals surface area contributed by atoms with Gasteiger partial charge in [0, 0.05) is 32.7 Å². The maximum absolute atomic E-state index is 13.0. The first-order valence-corrected chi connectivity index (χ1v) is 11.3. The van der Waals surface area contributed by atoms with Gasteiger partial charge in [0.05, 0.1) is 33.4 Å². The van der Waals surface area contributed by atoms with Crippen molar-refractivity contribution >= 4 is 5.91 Å². The molecule has 8 heteroatoms. The van der Waals surface area contributed by atoms with Crippen molar-refractivity contribution in [1.82, 2.24) is 9.80 Å². The second-order valence-corrected chi connectivity index (χ2v) is 8.34. The predicted molar refractivity (Wildman–Crippen MR) is 122 cm³/mol. The fourth-order valence-corrected chi connectivity index (χ4v) is 4.37. The van der Waals surface area contributed by atoms with Crippen LogP contribution >= 0.6 is 0 Å². The van der Waals surface area contributed by atoms with Gasteiger partial charge in [-0.2, -0.15) is 0 Å². The number of nitrogens with zero attached hydrogens (tertiary/aromatic N) is 2. The molecule has 1 fully saturated rings. The number of amides is 1. The number of ether oxygens (including phenoxy) is 4. The van der Waals surface area contributed by atoms with Gasteiger partial charge in [-0.05, 0) is 53.9 Å². The van der Waals surface area contributed by atoms with E-state index in [4.69, 9.17) is 18.9 Å². The minimum absolute atomic E-state index is 0.0428. The molecule has 33 heavy (non-hydrogen) atoms. The van der Waals surface area contributed by atoms with Crippen LogP contribution in [0.4, 0.5) is 4.39 Å². The summed E-state index contributed by atoms with van der Waals surface area (Å²) in [6.45, 7) is 4.66. The van der Waals surface area contributed by atoms with Gasteiger partial charge < -0.3 is 23.8 Å². The van der Waals surface area contributed by atoms with Gasteiger partial charge in [-0.1, -0.05) is 0 Å². The van der Waals surface area contributed by atoms with E-state index in [-0.39, 0.29) is 17.8 Å². The molecule has 2 heterocycles. The van der Waals surface area contributed by atoms with Crippen molar-refractivity contribution in [3.05, 3.63) is 53.3 Å². The molecule has 0 aliphatic carbocycles. The Bertz CT molecular complexity index is 953. The Balaban J connectivity index is 1.30. The van der Waals surface area contributed by atoms with Crippen LogP contribution in [0.25, 0.3) is 0 Å². The summed E-state index contributed by atoms with van der Waals surface area (Å²) in [6, 6.07) is 9.93. The van der Waals surface area contributed by atoms with Crippen molar-refractivity contribution in [2.75, 3.05) is 60.2 Å². The Morgan fingerprint density at radius 2 is 1.79 bits per heavy atom. The smallest absolute Gasteiger partial charge is 0.227 e. The maximum atomic E-state index is 13.0. The lowest BCUT2D eigenvalue weighted by atomic mass is 10.0. The third kappa shape index (κ3) is 5.94. The Hall–Kier alpha value is -2.84. The van der Waals surface area contributed by atoms with Gasteiger partial charge in [-0.3, -0.25) is 9.69 Å². The van der Waals surface area contributed by atoms with Crippen LogP contribution in [0.3, 0.4) is 0 Å². The Labute approximate surface area is 194 Å². The minimum Gasteiger partial charge on any atom is -0.493 e. The van der Waals surface area contributed by atoms with Gasteiger partial charge in [0.1, 0.15) is 18.2 Å². The number of benzene rings is 2. The lowest BCUT2D eigenvalue weighted by Crippen LogP contribution is -2.49. The van der Waals surface area contributed by atoms with Crippen molar-refractivity contribution < 1.29 is 28.1 Å². The number of carbonyl (C=O) groups excluding carboxylic acids is 1. The summed E-state index contributed by atoms with van der Waals surface area (Å²) in [5.74, 6) is 1.81. The highest BCUT2D eigenvalue weighted by molar-refractivity contribution is 5.80. The van der Waals surface area contributed by atoms with Gasteiger partial charge >= 0.3 is 0 Å². The van der Waals surface area contributed by atoms with E-state index in [0.717, 1.165) is 37.2 Å². The molecule has 0 radical (unpaired) electrons. The molecular weight excluding hydrogens is 427 g/mol. The van der Waals surface area contributed by atoms with Crippen LogP contribution in [0.15, 0.2) is 36.4 Å². The number of hydrogen-bond donors (Lipinski definition) is 0. The summed E-state index contributed by atoms with van der Waals surface area (Å²) in [6.07, 6.45) is 1.07. The summed E-state index contributed by atoms with van der Waals surface area (Å²) in [4.78, 5) is 17.2. The van der Waals surface area contributed by atoms with Crippen molar-refractivity contribution in [2.24, 2.45) is 0 Å². The van der Waals surface area contributed by atoms with Crippen molar-refractivity contribution in [3.8, 4) is 17.2 Å². The molecule has 0 unspecified atom stereocenters. The summed E-state index contributed by atoms with van der Waals surface area (Å²) in [5.41, 5.74) is 2.11. The normalized spacial score (nSPS) is 19.1. The summed E-state index contributed by atoms with van der Waals surface area (Å²) in [7, 11) is 3.22. The van der Waals surface area contributed by atoms with Gasteiger partial charge in [0.15, 0.2) is 11.5 Å². The average Bonchev–Trinajstić information content (AvgIpc) is 2.97. The molecule has 1 amide bonds. The fraction of sp³-hybridized carbons (Fsp3) is 0.480.